The number of nitrogens with one attached hydrogen (secondary N) is 1. The molecule has 0 unspecified atom stereocenters. The molecule has 2 aromatic rings. The first-order chi connectivity index (χ1) is 11.0. The number of benzene rings is 2. The van der Waals surface area contributed by atoms with Gasteiger partial charge >= 0.3 is 0 Å². The lowest BCUT2D eigenvalue weighted by Crippen LogP contribution is -2.24. The number of hydrogen-bond donors (Lipinski definition) is 2. The van der Waals surface area contributed by atoms with Crippen LogP contribution in [0.25, 0.3) is 0 Å². The first kappa shape index (κ1) is 17.8. The Balaban J connectivity index is 1.86. The molecular formula is C15H11Br2ClN2O3. The number of nitrogens with zero attached hydrogens (tertiary/aromatic N) is 1. The minimum absolute atomic E-state index is 0.0760. The third kappa shape index (κ3) is 5.53. The van der Waals surface area contributed by atoms with Crippen LogP contribution in [-0.4, -0.2) is 23.8 Å². The number of phenols is 1. The summed E-state index contributed by atoms with van der Waals surface area (Å²) in [6.45, 7) is -0.175. The van der Waals surface area contributed by atoms with Gasteiger partial charge in [0.25, 0.3) is 5.91 Å². The van der Waals surface area contributed by atoms with Crippen LogP contribution in [0.4, 0.5) is 0 Å². The van der Waals surface area contributed by atoms with Crippen molar-refractivity contribution in [1.82, 2.24) is 5.43 Å². The van der Waals surface area contributed by atoms with Crippen LogP contribution in [0, 0.1) is 0 Å². The zero-order valence-electron chi connectivity index (χ0n) is 11.6. The van der Waals surface area contributed by atoms with Crippen molar-refractivity contribution in [2.45, 2.75) is 0 Å². The smallest absolute Gasteiger partial charge is 0.277 e. The number of hydrogen-bond acceptors (Lipinski definition) is 4. The molecule has 0 saturated heterocycles. The van der Waals surface area contributed by atoms with Gasteiger partial charge in [0.15, 0.2) is 6.61 Å². The number of halogens is 3. The van der Waals surface area contributed by atoms with Crippen LogP contribution in [0.2, 0.25) is 5.02 Å². The molecule has 2 aromatic carbocycles. The molecule has 0 aliphatic heterocycles. The summed E-state index contributed by atoms with van der Waals surface area (Å²) in [4.78, 5) is 11.6. The Kier molecular flexibility index (Phi) is 6.44. The van der Waals surface area contributed by atoms with Crippen LogP contribution < -0.4 is 10.2 Å². The molecule has 0 aromatic heterocycles. The predicted octanol–water partition coefficient (Wildman–Crippen LogP) is 4.10. The molecule has 2 N–H and O–H groups in total. The number of carbonyl (C=O) groups excluding carboxylic acids is 1. The van der Waals surface area contributed by atoms with Crippen LogP contribution in [0.15, 0.2) is 50.4 Å². The quantitative estimate of drug-likeness (QED) is 0.519. The van der Waals surface area contributed by atoms with Gasteiger partial charge in [-0.15, -0.1) is 0 Å². The van der Waals surface area contributed by atoms with E-state index in [1.807, 2.05) is 0 Å². The minimum Gasteiger partial charge on any atom is -0.507 e. The number of carbonyl (C=O) groups is 1. The lowest BCUT2D eigenvalue weighted by atomic mass is 10.2. The highest BCUT2D eigenvalue weighted by molar-refractivity contribution is 9.11. The third-order valence-corrected chi connectivity index (χ3v) is 4.22. The molecule has 120 valence electrons. The molecule has 0 fully saturated rings. The van der Waals surface area contributed by atoms with Crippen molar-refractivity contribution >= 4 is 55.6 Å². The van der Waals surface area contributed by atoms with Crippen molar-refractivity contribution in [3.63, 3.8) is 0 Å². The minimum atomic E-state index is -0.409. The van der Waals surface area contributed by atoms with Gasteiger partial charge in [-0.25, -0.2) is 5.43 Å². The van der Waals surface area contributed by atoms with E-state index in [4.69, 9.17) is 16.3 Å². The first-order valence-electron chi connectivity index (χ1n) is 6.34. The molecule has 8 heteroatoms. The molecule has 0 bridgehead atoms. The summed E-state index contributed by atoms with van der Waals surface area (Å²) in [6.07, 6.45) is 1.41. The average Bonchev–Trinajstić information content (AvgIpc) is 2.52. The fraction of sp³-hybridized carbons (Fsp3) is 0.0667. The van der Waals surface area contributed by atoms with E-state index in [2.05, 4.69) is 42.4 Å². The normalized spacial score (nSPS) is 10.7. The van der Waals surface area contributed by atoms with Crippen molar-refractivity contribution in [3.05, 3.63) is 55.9 Å². The van der Waals surface area contributed by atoms with E-state index in [0.717, 1.165) is 4.47 Å². The van der Waals surface area contributed by atoms with E-state index >= 15 is 0 Å². The second-order valence-corrected chi connectivity index (χ2v) is 6.51. The lowest BCUT2D eigenvalue weighted by Gasteiger charge is -2.05. The van der Waals surface area contributed by atoms with Gasteiger partial charge < -0.3 is 9.84 Å². The standard InChI is InChI=1S/C15H11Br2ClN2O3/c16-12-6-13(17)14(21)5-9(12)7-19-20-15(22)8-23-11-3-1-10(18)2-4-11/h1-7,21H,8H2,(H,20,22). The summed E-state index contributed by atoms with van der Waals surface area (Å²) >= 11 is 12.3. The summed E-state index contributed by atoms with van der Waals surface area (Å²) in [5.41, 5.74) is 2.95. The van der Waals surface area contributed by atoms with Crippen molar-refractivity contribution < 1.29 is 14.6 Å². The van der Waals surface area contributed by atoms with Gasteiger partial charge in [-0.1, -0.05) is 27.5 Å². The molecule has 0 spiro atoms. The average molecular weight is 463 g/mol. The summed E-state index contributed by atoms with van der Waals surface area (Å²) in [5, 5.41) is 14.0. The van der Waals surface area contributed by atoms with Gasteiger partial charge in [0.1, 0.15) is 11.5 Å². The maximum Gasteiger partial charge on any atom is 0.277 e. The highest BCUT2D eigenvalue weighted by atomic mass is 79.9. The summed E-state index contributed by atoms with van der Waals surface area (Å²) in [6, 6.07) is 9.87. The maximum atomic E-state index is 11.6. The van der Waals surface area contributed by atoms with Gasteiger partial charge in [-0.3, -0.25) is 4.79 Å². The Hall–Kier alpha value is -1.57. The van der Waals surface area contributed by atoms with Crippen LogP contribution in [0.3, 0.4) is 0 Å². The molecule has 0 aliphatic rings. The highest BCUT2D eigenvalue weighted by Crippen LogP contribution is 2.29. The van der Waals surface area contributed by atoms with Gasteiger partial charge in [0.05, 0.1) is 10.7 Å². The van der Waals surface area contributed by atoms with E-state index in [0.29, 0.717) is 20.8 Å². The highest BCUT2D eigenvalue weighted by Gasteiger charge is 2.05. The monoisotopic (exact) mass is 460 g/mol. The van der Waals surface area contributed by atoms with Crippen LogP contribution >= 0.6 is 43.5 Å². The number of rotatable bonds is 5. The molecular weight excluding hydrogens is 451 g/mol. The molecule has 1 amide bonds. The largest absolute Gasteiger partial charge is 0.507 e. The molecule has 0 heterocycles. The second kappa shape index (κ2) is 8.33. The molecule has 23 heavy (non-hydrogen) atoms. The summed E-state index contributed by atoms with van der Waals surface area (Å²) in [5.74, 6) is 0.204. The number of ether oxygens (including phenoxy) is 1. The Bertz CT molecular complexity index is 736. The van der Waals surface area contributed by atoms with Gasteiger partial charge in [-0.2, -0.15) is 5.10 Å². The van der Waals surface area contributed by atoms with Gasteiger partial charge in [-0.05, 0) is 52.3 Å². The van der Waals surface area contributed by atoms with Gasteiger partial charge in [0, 0.05) is 15.1 Å². The lowest BCUT2D eigenvalue weighted by molar-refractivity contribution is -0.123. The summed E-state index contributed by atoms with van der Waals surface area (Å²) < 4.78 is 6.56. The van der Waals surface area contributed by atoms with Gasteiger partial charge in [0.2, 0.25) is 0 Å². The van der Waals surface area contributed by atoms with Crippen LogP contribution in [0.1, 0.15) is 5.56 Å². The molecule has 2 rings (SSSR count). The SMILES string of the molecule is O=C(COc1ccc(Cl)cc1)NN=Cc1cc(O)c(Br)cc1Br. The number of phenolic OH excluding ortho intramolecular Hbond substituents is 1. The molecule has 0 aliphatic carbocycles. The molecule has 0 saturated carbocycles. The number of amides is 1. The Morgan fingerprint density at radius 2 is 1.96 bits per heavy atom. The van der Waals surface area contributed by atoms with E-state index < -0.39 is 5.91 Å². The number of aromatic hydroxyl groups is 1. The predicted molar refractivity (Wildman–Crippen MR) is 96.2 cm³/mol. The zero-order valence-corrected chi connectivity index (χ0v) is 15.5. The molecule has 0 atom stereocenters. The fourth-order valence-electron chi connectivity index (χ4n) is 1.54. The van der Waals surface area contributed by atoms with Crippen molar-refractivity contribution in [1.29, 1.82) is 0 Å². The Morgan fingerprint density at radius 3 is 2.65 bits per heavy atom. The van der Waals surface area contributed by atoms with E-state index in [1.165, 1.54) is 12.3 Å². The van der Waals surface area contributed by atoms with Crippen LogP contribution in [-0.2, 0) is 4.79 Å². The fourth-order valence-corrected chi connectivity index (χ4v) is 2.76. The molecule has 0 radical (unpaired) electrons. The van der Waals surface area contributed by atoms with Crippen molar-refractivity contribution in [2.24, 2.45) is 5.10 Å². The van der Waals surface area contributed by atoms with E-state index in [-0.39, 0.29) is 12.4 Å². The first-order valence-corrected chi connectivity index (χ1v) is 8.30. The molecule has 5 nitrogen and oxygen atoms in total. The van der Waals surface area contributed by atoms with Crippen molar-refractivity contribution in [2.75, 3.05) is 6.61 Å². The summed E-state index contributed by atoms with van der Waals surface area (Å²) in [7, 11) is 0. The van der Waals surface area contributed by atoms with Crippen LogP contribution in [0.5, 0.6) is 11.5 Å². The zero-order chi connectivity index (χ0) is 16.8. The Labute approximate surface area is 154 Å². The number of hydrazone groups is 1. The Morgan fingerprint density at radius 1 is 1.26 bits per heavy atom. The third-order valence-electron chi connectivity index (χ3n) is 2.64. The van der Waals surface area contributed by atoms with E-state index in [9.17, 15) is 9.90 Å². The maximum absolute atomic E-state index is 11.6. The van der Waals surface area contributed by atoms with Crippen molar-refractivity contribution in [3.8, 4) is 11.5 Å². The van der Waals surface area contributed by atoms with E-state index in [1.54, 1.807) is 30.3 Å². The topological polar surface area (TPSA) is 70.9 Å². The second-order valence-electron chi connectivity index (χ2n) is 4.36.